The molecule has 0 aromatic carbocycles. The van der Waals surface area contributed by atoms with Crippen LogP contribution in [0.15, 0.2) is 6.20 Å². The average Bonchev–Trinajstić information content (AvgIpc) is 2.52. The number of H-pyrrole nitrogens is 1. The summed E-state index contributed by atoms with van der Waals surface area (Å²) in [6.07, 6.45) is 3.19. The second-order valence-corrected chi connectivity index (χ2v) is 4.05. The summed E-state index contributed by atoms with van der Waals surface area (Å²) >= 11 is 0. The molecule has 0 bridgehead atoms. The Hall–Kier alpha value is -1.36. The van der Waals surface area contributed by atoms with Crippen molar-refractivity contribution in [3.8, 4) is 0 Å². The maximum absolute atomic E-state index is 11.8. The lowest BCUT2D eigenvalue weighted by atomic mass is 9.96. The van der Waals surface area contributed by atoms with Crippen LogP contribution in [-0.2, 0) is 4.79 Å². The first-order chi connectivity index (χ1) is 6.97. The van der Waals surface area contributed by atoms with E-state index in [1.54, 1.807) is 13.1 Å². The molecule has 5 heteroatoms. The van der Waals surface area contributed by atoms with Crippen LogP contribution in [-0.4, -0.2) is 21.6 Å². The van der Waals surface area contributed by atoms with Crippen molar-refractivity contribution in [1.82, 2.24) is 10.2 Å². The van der Waals surface area contributed by atoms with Gasteiger partial charge in [0.15, 0.2) is 0 Å². The molecular weight excluding hydrogens is 192 g/mol. The molecule has 0 aliphatic heterocycles. The van der Waals surface area contributed by atoms with Crippen LogP contribution in [0.3, 0.4) is 0 Å². The molecule has 5 nitrogen and oxygen atoms in total. The van der Waals surface area contributed by atoms with Crippen LogP contribution in [0, 0.1) is 6.92 Å². The number of nitrogens with zero attached hydrogens (tertiary/aromatic N) is 1. The number of aromatic nitrogens is 2. The minimum Gasteiger partial charge on any atom is -0.318 e. The van der Waals surface area contributed by atoms with Crippen LogP contribution >= 0.6 is 0 Å². The smallest absolute Gasteiger partial charge is 0.245 e. The number of nitrogens with two attached hydrogens (primary N) is 1. The van der Waals surface area contributed by atoms with E-state index in [1.807, 2.05) is 13.8 Å². The molecule has 84 valence electrons. The summed E-state index contributed by atoms with van der Waals surface area (Å²) in [6, 6.07) is 0. The summed E-state index contributed by atoms with van der Waals surface area (Å²) in [5.41, 5.74) is 5.96. The second kappa shape index (κ2) is 4.44. The summed E-state index contributed by atoms with van der Waals surface area (Å²) < 4.78 is 0. The standard InChI is InChI=1S/C10H18N4O/c1-4-5-10(3,11)9(15)13-8-7(2)6-12-14-8/h6H,4-5,11H2,1-3H3,(H2,12,13,14,15). The molecule has 0 radical (unpaired) electrons. The molecule has 1 heterocycles. The van der Waals surface area contributed by atoms with E-state index in [4.69, 9.17) is 5.73 Å². The third-order valence-corrected chi connectivity index (χ3v) is 2.36. The lowest BCUT2D eigenvalue weighted by Gasteiger charge is -2.22. The van der Waals surface area contributed by atoms with Gasteiger partial charge in [-0.1, -0.05) is 13.3 Å². The first kappa shape index (κ1) is 11.7. The molecule has 0 aliphatic carbocycles. The molecular formula is C10H18N4O. The zero-order valence-corrected chi connectivity index (χ0v) is 9.42. The zero-order valence-electron chi connectivity index (χ0n) is 9.42. The lowest BCUT2D eigenvalue weighted by Crippen LogP contribution is -2.48. The van der Waals surface area contributed by atoms with Crippen molar-refractivity contribution >= 4 is 11.7 Å². The SMILES string of the molecule is CCCC(C)(N)C(=O)Nc1[nH]ncc1C. The quantitative estimate of drug-likeness (QED) is 0.697. The van der Waals surface area contributed by atoms with E-state index in [0.29, 0.717) is 12.2 Å². The summed E-state index contributed by atoms with van der Waals surface area (Å²) in [5, 5.41) is 9.27. The topological polar surface area (TPSA) is 83.8 Å². The van der Waals surface area contributed by atoms with E-state index in [-0.39, 0.29) is 5.91 Å². The minimum absolute atomic E-state index is 0.184. The Bertz CT molecular complexity index is 343. The number of carbonyl (C=O) groups is 1. The van der Waals surface area contributed by atoms with Gasteiger partial charge in [0.25, 0.3) is 0 Å². The van der Waals surface area contributed by atoms with Crippen molar-refractivity contribution in [3.63, 3.8) is 0 Å². The molecule has 1 aromatic rings. The van der Waals surface area contributed by atoms with Gasteiger partial charge in [0.1, 0.15) is 5.82 Å². The highest BCUT2D eigenvalue weighted by Crippen LogP contribution is 2.14. The van der Waals surface area contributed by atoms with E-state index < -0.39 is 5.54 Å². The van der Waals surface area contributed by atoms with Crippen LogP contribution in [0.2, 0.25) is 0 Å². The van der Waals surface area contributed by atoms with Gasteiger partial charge in [-0.25, -0.2) is 0 Å². The van der Waals surface area contributed by atoms with Crippen molar-refractivity contribution in [2.24, 2.45) is 5.73 Å². The average molecular weight is 210 g/mol. The number of hydrogen-bond donors (Lipinski definition) is 3. The van der Waals surface area contributed by atoms with Gasteiger partial charge in [-0.3, -0.25) is 9.89 Å². The van der Waals surface area contributed by atoms with Crippen LogP contribution < -0.4 is 11.1 Å². The first-order valence-corrected chi connectivity index (χ1v) is 5.07. The van der Waals surface area contributed by atoms with Crippen molar-refractivity contribution in [2.75, 3.05) is 5.32 Å². The van der Waals surface area contributed by atoms with Crippen LogP contribution in [0.5, 0.6) is 0 Å². The molecule has 0 saturated carbocycles. The maximum Gasteiger partial charge on any atom is 0.245 e. The number of rotatable bonds is 4. The molecule has 0 aliphatic rings. The monoisotopic (exact) mass is 210 g/mol. The molecule has 15 heavy (non-hydrogen) atoms. The Morgan fingerprint density at radius 3 is 2.87 bits per heavy atom. The highest BCUT2D eigenvalue weighted by atomic mass is 16.2. The third kappa shape index (κ3) is 2.79. The molecule has 0 saturated heterocycles. The number of amides is 1. The molecule has 1 amide bonds. The third-order valence-electron chi connectivity index (χ3n) is 2.36. The molecule has 1 aromatic heterocycles. The molecule has 0 spiro atoms. The van der Waals surface area contributed by atoms with Crippen LogP contribution in [0.25, 0.3) is 0 Å². The predicted molar refractivity (Wildman–Crippen MR) is 59.5 cm³/mol. The highest BCUT2D eigenvalue weighted by molar-refractivity contribution is 5.97. The molecule has 4 N–H and O–H groups in total. The fourth-order valence-electron chi connectivity index (χ4n) is 1.36. The van der Waals surface area contributed by atoms with E-state index in [0.717, 1.165) is 12.0 Å². The summed E-state index contributed by atoms with van der Waals surface area (Å²) in [4.78, 5) is 11.8. The summed E-state index contributed by atoms with van der Waals surface area (Å²) in [6.45, 7) is 5.60. The molecule has 0 fully saturated rings. The number of anilines is 1. The molecule has 1 rings (SSSR count). The van der Waals surface area contributed by atoms with Gasteiger partial charge in [-0.2, -0.15) is 5.10 Å². The van der Waals surface area contributed by atoms with E-state index >= 15 is 0 Å². The summed E-state index contributed by atoms with van der Waals surface area (Å²) in [5.74, 6) is 0.435. The van der Waals surface area contributed by atoms with Gasteiger partial charge >= 0.3 is 0 Å². The fraction of sp³-hybridized carbons (Fsp3) is 0.600. The zero-order chi connectivity index (χ0) is 11.5. The number of aromatic amines is 1. The van der Waals surface area contributed by atoms with Crippen molar-refractivity contribution in [1.29, 1.82) is 0 Å². The molecule has 1 unspecified atom stereocenters. The van der Waals surface area contributed by atoms with E-state index in [1.165, 1.54) is 0 Å². The summed E-state index contributed by atoms with van der Waals surface area (Å²) in [7, 11) is 0. The molecule has 1 atom stereocenters. The Kier molecular flexibility index (Phi) is 3.47. The number of hydrogen-bond acceptors (Lipinski definition) is 3. The lowest BCUT2D eigenvalue weighted by molar-refractivity contribution is -0.120. The maximum atomic E-state index is 11.8. The fourth-order valence-corrected chi connectivity index (χ4v) is 1.36. The van der Waals surface area contributed by atoms with Crippen LogP contribution in [0.1, 0.15) is 32.3 Å². The minimum atomic E-state index is -0.827. The van der Waals surface area contributed by atoms with Gasteiger partial charge in [-0.05, 0) is 20.3 Å². The van der Waals surface area contributed by atoms with Crippen molar-refractivity contribution < 1.29 is 4.79 Å². The van der Waals surface area contributed by atoms with Crippen molar-refractivity contribution in [3.05, 3.63) is 11.8 Å². The van der Waals surface area contributed by atoms with Gasteiger partial charge in [0.2, 0.25) is 5.91 Å². The van der Waals surface area contributed by atoms with E-state index in [2.05, 4.69) is 15.5 Å². The van der Waals surface area contributed by atoms with Crippen molar-refractivity contribution in [2.45, 2.75) is 39.2 Å². The van der Waals surface area contributed by atoms with Gasteiger partial charge in [0, 0.05) is 5.56 Å². The predicted octanol–water partition coefficient (Wildman–Crippen LogP) is 1.17. The largest absolute Gasteiger partial charge is 0.318 e. The Morgan fingerprint density at radius 1 is 1.73 bits per heavy atom. The Balaban J connectivity index is 2.67. The van der Waals surface area contributed by atoms with E-state index in [9.17, 15) is 4.79 Å². The van der Waals surface area contributed by atoms with Crippen LogP contribution in [0.4, 0.5) is 5.82 Å². The number of carbonyl (C=O) groups excluding carboxylic acids is 1. The Morgan fingerprint density at radius 2 is 2.40 bits per heavy atom. The van der Waals surface area contributed by atoms with Gasteiger partial charge < -0.3 is 11.1 Å². The first-order valence-electron chi connectivity index (χ1n) is 5.07. The highest BCUT2D eigenvalue weighted by Gasteiger charge is 2.27. The second-order valence-electron chi connectivity index (χ2n) is 4.05. The number of aryl methyl sites for hydroxylation is 1. The number of nitrogens with one attached hydrogen (secondary N) is 2. The Labute approximate surface area is 89.4 Å². The van der Waals surface area contributed by atoms with Gasteiger partial charge in [-0.15, -0.1) is 0 Å². The normalized spacial score (nSPS) is 14.7. The van der Waals surface area contributed by atoms with Gasteiger partial charge in [0.05, 0.1) is 11.7 Å².